The van der Waals surface area contributed by atoms with Gasteiger partial charge in [0.15, 0.2) is 0 Å². The minimum atomic E-state index is 0.0146. The zero-order chi connectivity index (χ0) is 21.6. The number of pyridine rings is 1. The van der Waals surface area contributed by atoms with Gasteiger partial charge in [-0.15, -0.1) is 0 Å². The Labute approximate surface area is 183 Å². The molecule has 2 aromatic heterocycles. The van der Waals surface area contributed by atoms with Crippen molar-refractivity contribution in [3.8, 4) is 0 Å². The second kappa shape index (κ2) is 9.94. The normalized spacial score (nSPS) is 14.6. The molecule has 0 radical (unpaired) electrons. The van der Waals surface area contributed by atoms with E-state index < -0.39 is 0 Å². The first-order chi connectivity index (χ1) is 15.1. The number of amides is 1. The Morgan fingerprint density at radius 1 is 1.03 bits per heavy atom. The van der Waals surface area contributed by atoms with Gasteiger partial charge in [-0.25, -0.2) is 9.97 Å². The topological polar surface area (TPSA) is 71.5 Å². The largest absolute Gasteiger partial charge is 0.379 e. The van der Waals surface area contributed by atoms with E-state index in [1.807, 2.05) is 49.1 Å². The molecule has 3 aromatic rings. The number of aryl methyl sites for hydroxylation is 2. The molecule has 0 atom stereocenters. The van der Waals surface area contributed by atoms with E-state index in [1.54, 1.807) is 12.4 Å². The lowest BCUT2D eigenvalue weighted by Gasteiger charge is -2.28. The molecule has 7 heteroatoms. The Kier molecular flexibility index (Phi) is 6.84. The van der Waals surface area contributed by atoms with E-state index in [1.165, 1.54) is 0 Å². The molecule has 31 heavy (non-hydrogen) atoms. The monoisotopic (exact) mass is 419 g/mol. The zero-order valence-electron chi connectivity index (χ0n) is 18.3. The van der Waals surface area contributed by atoms with Crippen LogP contribution in [-0.4, -0.2) is 70.1 Å². The summed E-state index contributed by atoms with van der Waals surface area (Å²) in [5.74, 6) is 0.0146. The first-order valence-electron chi connectivity index (χ1n) is 10.8. The molecule has 3 heterocycles. The fraction of sp³-hybridized carbons (Fsp3) is 0.417. The average molecular weight is 420 g/mol. The summed E-state index contributed by atoms with van der Waals surface area (Å²) < 4.78 is 5.43. The minimum Gasteiger partial charge on any atom is -0.379 e. The lowest BCUT2D eigenvalue weighted by Crippen LogP contribution is -2.39. The van der Waals surface area contributed by atoms with Gasteiger partial charge < -0.3 is 9.64 Å². The molecule has 1 saturated heterocycles. The third-order valence-electron chi connectivity index (χ3n) is 5.74. The number of fused-ring (bicyclic) bond motifs is 1. The lowest BCUT2D eigenvalue weighted by molar-refractivity contribution is 0.0355. The van der Waals surface area contributed by atoms with Crippen LogP contribution in [-0.2, 0) is 11.3 Å². The Bertz CT molecular complexity index is 1030. The van der Waals surface area contributed by atoms with Crippen LogP contribution in [0.1, 0.15) is 33.7 Å². The molecule has 0 aliphatic carbocycles. The molecular formula is C24H29N5O2. The van der Waals surface area contributed by atoms with E-state index in [2.05, 4.69) is 19.9 Å². The minimum absolute atomic E-state index is 0.0146. The number of carbonyl (C=O) groups excluding carboxylic acids is 1. The smallest absolute Gasteiger partial charge is 0.254 e. The molecule has 1 amide bonds. The van der Waals surface area contributed by atoms with E-state index in [4.69, 9.17) is 4.74 Å². The predicted octanol–water partition coefficient (Wildman–Crippen LogP) is 3.01. The summed E-state index contributed by atoms with van der Waals surface area (Å²) in [6.07, 6.45) is 4.45. The standard InChI is InChI=1S/C24H29N5O2/c1-18-19(2)27-23-16-21(4-5-22(23)26-18)24(30)29(17-20-6-8-25-9-7-20)11-3-10-28-12-14-31-15-13-28/h4-9,16H,3,10-15,17H2,1-2H3. The van der Waals surface area contributed by atoms with Crippen molar-refractivity contribution in [3.05, 3.63) is 65.2 Å². The molecule has 1 aromatic carbocycles. The SMILES string of the molecule is Cc1nc2ccc(C(=O)N(CCCN3CCOCC3)Cc3ccncc3)cc2nc1C. The lowest BCUT2D eigenvalue weighted by atomic mass is 10.1. The molecule has 1 aliphatic heterocycles. The Hall–Kier alpha value is -2.90. The third kappa shape index (κ3) is 5.42. The van der Waals surface area contributed by atoms with Crippen LogP contribution in [0.15, 0.2) is 42.7 Å². The van der Waals surface area contributed by atoms with Crippen molar-refractivity contribution in [1.29, 1.82) is 0 Å². The highest BCUT2D eigenvalue weighted by atomic mass is 16.5. The number of ether oxygens (including phenoxy) is 1. The Morgan fingerprint density at radius 3 is 2.48 bits per heavy atom. The van der Waals surface area contributed by atoms with Gasteiger partial charge in [0.05, 0.1) is 35.6 Å². The van der Waals surface area contributed by atoms with Crippen LogP contribution < -0.4 is 0 Å². The highest BCUT2D eigenvalue weighted by Gasteiger charge is 2.18. The molecular weight excluding hydrogens is 390 g/mol. The van der Waals surface area contributed by atoms with Gasteiger partial charge >= 0.3 is 0 Å². The summed E-state index contributed by atoms with van der Waals surface area (Å²) in [5, 5.41) is 0. The quantitative estimate of drug-likeness (QED) is 0.586. The van der Waals surface area contributed by atoms with Crippen molar-refractivity contribution in [2.45, 2.75) is 26.8 Å². The number of hydrogen-bond acceptors (Lipinski definition) is 6. The first-order valence-corrected chi connectivity index (χ1v) is 10.8. The third-order valence-corrected chi connectivity index (χ3v) is 5.74. The molecule has 4 rings (SSSR count). The predicted molar refractivity (Wildman–Crippen MR) is 120 cm³/mol. The highest BCUT2D eigenvalue weighted by molar-refractivity contribution is 5.97. The van der Waals surface area contributed by atoms with Gasteiger partial charge in [-0.05, 0) is 56.2 Å². The molecule has 162 valence electrons. The summed E-state index contributed by atoms with van der Waals surface area (Å²) >= 11 is 0. The van der Waals surface area contributed by atoms with Crippen molar-refractivity contribution < 1.29 is 9.53 Å². The fourth-order valence-electron chi connectivity index (χ4n) is 3.82. The van der Waals surface area contributed by atoms with E-state index in [0.29, 0.717) is 18.7 Å². The van der Waals surface area contributed by atoms with Crippen LogP contribution in [0, 0.1) is 13.8 Å². The van der Waals surface area contributed by atoms with Gasteiger partial charge in [-0.2, -0.15) is 0 Å². The van der Waals surface area contributed by atoms with Crippen LogP contribution in [0.4, 0.5) is 0 Å². The van der Waals surface area contributed by atoms with Crippen LogP contribution in [0.3, 0.4) is 0 Å². The molecule has 0 N–H and O–H groups in total. The number of carbonyl (C=O) groups is 1. The zero-order valence-corrected chi connectivity index (χ0v) is 18.3. The molecule has 0 saturated carbocycles. The van der Waals surface area contributed by atoms with E-state index in [-0.39, 0.29) is 5.91 Å². The van der Waals surface area contributed by atoms with E-state index >= 15 is 0 Å². The summed E-state index contributed by atoms with van der Waals surface area (Å²) in [7, 11) is 0. The highest BCUT2D eigenvalue weighted by Crippen LogP contribution is 2.17. The van der Waals surface area contributed by atoms with Crippen molar-refractivity contribution >= 4 is 16.9 Å². The Balaban J connectivity index is 1.52. The number of hydrogen-bond donors (Lipinski definition) is 0. The second-order valence-electron chi connectivity index (χ2n) is 7.99. The van der Waals surface area contributed by atoms with Gasteiger partial charge in [0.1, 0.15) is 0 Å². The molecule has 1 fully saturated rings. The van der Waals surface area contributed by atoms with Gasteiger partial charge in [-0.3, -0.25) is 14.7 Å². The van der Waals surface area contributed by atoms with E-state index in [9.17, 15) is 4.79 Å². The molecule has 0 unspecified atom stereocenters. The van der Waals surface area contributed by atoms with E-state index in [0.717, 1.165) is 67.3 Å². The summed E-state index contributed by atoms with van der Waals surface area (Å²) in [5.41, 5.74) is 5.08. The molecule has 0 bridgehead atoms. The van der Waals surface area contributed by atoms with Gasteiger partial charge in [0, 0.05) is 50.7 Å². The van der Waals surface area contributed by atoms with Gasteiger partial charge in [0.2, 0.25) is 0 Å². The van der Waals surface area contributed by atoms with Crippen LogP contribution in [0.25, 0.3) is 11.0 Å². The number of morpholine rings is 1. The van der Waals surface area contributed by atoms with Crippen molar-refractivity contribution in [2.24, 2.45) is 0 Å². The number of nitrogens with zero attached hydrogens (tertiary/aromatic N) is 5. The average Bonchev–Trinajstić information content (AvgIpc) is 2.80. The number of benzene rings is 1. The van der Waals surface area contributed by atoms with Gasteiger partial charge in [-0.1, -0.05) is 0 Å². The number of rotatable bonds is 7. The summed E-state index contributed by atoms with van der Waals surface area (Å²) in [6, 6.07) is 9.52. The molecule has 7 nitrogen and oxygen atoms in total. The van der Waals surface area contributed by atoms with Crippen LogP contribution in [0.5, 0.6) is 0 Å². The first kappa shape index (κ1) is 21.3. The number of aromatic nitrogens is 3. The van der Waals surface area contributed by atoms with Crippen molar-refractivity contribution in [3.63, 3.8) is 0 Å². The maximum absolute atomic E-state index is 13.5. The second-order valence-corrected chi connectivity index (χ2v) is 7.99. The van der Waals surface area contributed by atoms with Crippen molar-refractivity contribution in [2.75, 3.05) is 39.4 Å². The van der Waals surface area contributed by atoms with Crippen LogP contribution >= 0.6 is 0 Å². The fourth-order valence-corrected chi connectivity index (χ4v) is 3.82. The Morgan fingerprint density at radius 2 is 1.74 bits per heavy atom. The maximum Gasteiger partial charge on any atom is 0.254 e. The van der Waals surface area contributed by atoms with Gasteiger partial charge in [0.25, 0.3) is 5.91 Å². The van der Waals surface area contributed by atoms with Crippen molar-refractivity contribution in [1.82, 2.24) is 24.8 Å². The summed E-state index contributed by atoms with van der Waals surface area (Å²) in [4.78, 5) is 31.1. The molecule has 0 spiro atoms. The summed E-state index contributed by atoms with van der Waals surface area (Å²) in [6.45, 7) is 9.60. The molecule has 1 aliphatic rings. The van der Waals surface area contributed by atoms with Crippen LogP contribution in [0.2, 0.25) is 0 Å². The maximum atomic E-state index is 13.5.